The predicted octanol–water partition coefficient (Wildman–Crippen LogP) is 6.08. The van der Waals surface area contributed by atoms with Gasteiger partial charge in [0, 0.05) is 11.4 Å². The molecular formula is C29H29FN4O2S. The van der Waals surface area contributed by atoms with Crippen molar-refractivity contribution in [1.82, 2.24) is 4.90 Å². The highest BCUT2D eigenvalue weighted by Gasteiger charge is 2.51. The summed E-state index contributed by atoms with van der Waals surface area (Å²) >= 11 is 1.41. The van der Waals surface area contributed by atoms with E-state index < -0.39 is 11.9 Å². The zero-order valence-electron chi connectivity index (χ0n) is 20.9. The molecule has 0 radical (unpaired) electrons. The van der Waals surface area contributed by atoms with Gasteiger partial charge in [-0.1, -0.05) is 74.1 Å². The van der Waals surface area contributed by atoms with Gasteiger partial charge in [0.15, 0.2) is 5.17 Å². The number of anilines is 2. The van der Waals surface area contributed by atoms with Gasteiger partial charge in [-0.3, -0.25) is 9.69 Å². The minimum Gasteiger partial charge on any atom is -0.353 e. The maximum atomic E-state index is 13.9. The molecular weight excluding hydrogens is 487 g/mol. The van der Waals surface area contributed by atoms with E-state index in [0.29, 0.717) is 27.7 Å². The third-order valence-electron chi connectivity index (χ3n) is 6.57. The molecule has 1 amide bonds. The molecule has 2 unspecified atom stereocenters. The molecule has 2 heterocycles. The van der Waals surface area contributed by atoms with Crippen LogP contribution in [0, 0.1) is 5.82 Å². The monoisotopic (exact) mass is 516 g/mol. The van der Waals surface area contributed by atoms with Crippen molar-refractivity contribution in [2.45, 2.75) is 38.6 Å². The van der Waals surface area contributed by atoms with Gasteiger partial charge in [-0.2, -0.15) is 0 Å². The number of aliphatic imine (C=N–C) groups is 1. The summed E-state index contributed by atoms with van der Waals surface area (Å²) in [6.45, 7) is 5.99. The zero-order chi connectivity index (χ0) is 26.2. The Morgan fingerprint density at radius 1 is 1.08 bits per heavy atom. The van der Waals surface area contributed by atoms with Crippen LogP contribution in [0.2, 0.25) is 0 Å². The highest BCUT2D eigenvalue weighted by atomic mass is 32.2. The van der Waals surface area contributed by atoms with Crippen molar-refractivity contribution in [3.05, 3.63) is 107 Å². The van der Waals surface area contributed by atoms with E-state index in [2.05, 4.69) is 24.5 Å². The number of halogens is 1. The van der Waals surface area contributed by atoms with Crippen LogP contribution in [-0.4, -0.2) is 32.7 Å². The van der Waals surface area contributed by atoms with Crippen molar-refractivity contribution < 1.29 is 14.3 Å². The van der Waals surface area contributed by atoms with Crippen molar-refractivity contribution in [3.63, 3.8) is 0 Å². The molecule has 0 spiro atoms. The molecule has 0 aromatic heterocycles. The van der Waals surface area contributed by atoms with Gasteiger partial charge < -0.3 is 15.7 Å². The van der Waals surface area contributed by atoms with Crippen LogP contribution in [0.25, 0.3) is 0 Å². The second-order valence-corrected chi connectivity index (χ2v) is 10.5. The van der Waals surface area contributed by atoms with E-state index in [9.17, 15) is 14.3 Å². The Hall–Kier alpha value is -3.62. The molecule has 1 saturated heterocycles. The molecule has 3 N–H and O–H groups in total. The highest BCUT2D eigenvalue weighted by Crippen LogP contribution is 2.47. The molecule has 2 aliphatic heterocycles. The Kier molecular flexibility index (Phi) is 6.79. The lowest BCUT2D eigenvalue weighted by Gasteiger charge is -2.43. The quantitative estimate of drug-likeness (QED) is 0.346. The molecule has 37 heavy (non-hydrogen) atoms. The summed E-state index contributed by atoms with van der Waals surface area (Å²) in [6, 6.07) is 22.4. The molecule has 3 aromatic rings. The van der Waals surface area contributed by atoms with Gasteiger partial charge in [0.25, 0.3) is 5.91 Å². The highest BCUT2D eigenvalue weighted by molar-refractivity contribution is 8.14. The summed E-state index contributed by atoms with van der Waals surface area (Å²) in [5, 5.41) is 19.0. The molecule has 0 bridgehead atoms. The van der Waals surface area contributed by atoms with Crippen molar-refractivity contribution in [2.75, 3.05) is 16.4 Å². The lowest BCUT2D eigenvalue weighted by atomic mass is 9.93. The molecule has 2 atom stereocenters. The number of rotatable bonds is 6. The number of nitrogens with zero attached hydrogens (tertiary/aromatic N) is 2. The molecule has 5 rings (SSSR count). The number of hydrogen-bond acceptors (Lipinski definition) is 6. The summed E-state index contributed by atoms with van der Waals surface area (Å²) in [7, 11) is 0. The number of amides is 1. The molecule has 3 aromatic carbocycles. The first kappa shape index (κ1) is 25.0. The average Bonchev–Trinajstić information content (AvgIpc) is 3.20. The Balaban J connectivity index is 1.59. The molecule has 8 heteroatoms. The lowest BCUT2D eigenvalue weighted by molar-refractivity contribution is -0.114. The molecule has 2 aliphatic rings. The molecule has 0 aliphatic carbocycles. The number of amidine groups is 1. The number of allylic oxidation sites excluding steroid dienone is 1. The normalized spacial score (nSPS) is 21.1. The SMILES string of the molecule is CC1=C(C(=O)Nc2ccccc2)C(c2ccc(F)cc2)N2C(=N1)SCC2(O)Nc1ccccc1C(C)C. The van der Waals surface area contributed by atoms with E-state index in [-0.39, 0.29) is 23.4 Å². The van der Waals surface area contributed by atoms with E-state index in [1.54, 1.807) is 24.0 Å². The summed E-state index contributed by atoms with van der Waals surface area (Å²) in [6.07, 6.45) is 0. The van der Waals surface area contributed by atoms with Gasteiger partial charge in [0.2, 0.25) is 5.85 Å². The fraction of sp³-hybridized carbons (Fsp3) is 0.241. The maximum absolute atomic E-state index is 13.9. The van der Waals surface area contributed by atoms with Crippen LogP contribution in [0.4, 0.5) is 15.8 Å². The standard InChI is InChI=1S/C29H29FN4O2S/c1-18(2)23-11-7-8-12-24(23)33-29(36)17-37-28-31-19(3)25(27(35)32-22-9-5-4-6-10-22)26(34(28)29)20-13-15-21(30)16-14-20/h4-16,18,26,33,36H,17H2,1-3H3,(H,32,35). The van der Waals surface area contributed by atoms with Crippen LogP contribution in [-0.2, 0) is 4.79 Å². The second kappa shape index (κ2) is 10.0. The minimum atomic E-state index is -1.55. The number of para-hydroxylation sites is 2. The minimum absolute atomic E-state index is 0.234. The van der Waals surface area contributed by atoms with Crippen LogP contribution in [0.3, 0.4) is 0 Å². The van der Waals surface area contributed by atoms with E-state index >= 15 is 0 Å². The summed E-state index contributed by atoms with van der Waals surface area (Å²) in [4.78, 5) is 20.2. The van der Waals surface area contributed by atoms with Gasteiger partial charge in [0.1, 0.15) is 5.82 Å². The molecule has 0 saturated carbocycles. The number of nitrogens with one attached hydrogen (secondary N) is 2. The first-order chi connectivity index (χ1) is 17.8. The number of carbonyl (C=O) groups excluding carboxylic acids is 1. The van der Waals surface area contributed by atoms with E-state index in [4.69, 9.17) is 4.99 Å². The largest absolute Gasteiger partial charge is 0.353 e. The van der Waals surface area contributed by atoms with Crippen LogP contribution in [0.1, 0.15) is 43.9 Å². The summed E-state index contributed by atoms with van der Waals surface area (Å²) in [5.41, 5.74) is 4.13. The number of carbonyl (C=O) groups is 1. The number of benzene rings is 3. The van der Waals surface area contributed by atoms with Crippen LogP contribution in [0.15, 0.2) is 95.1 Å². The predicted molar refractivity (Wildman–Crippen MR) is 148 cm³/mol. The second-order valence-electron chi connectivity index (χ2n) is 9.51. The van der Waals surface area contributed by atoms with Gasteiger partial charge in [-0.25, -0.2) is 9.38 Å². The van der Waals surface area contributed by atoms with E-state index in [0.717, 1.165) is 11.3 Å². The number of fused-ring (bicyclic) bond motifs is 1. The van der Waals surface area contributed by atoms with Gasteiger partial charge in [-0.05, 0) is 54.3 Å². The van der Waals surface area contributed by atoms with Gasteiger partial charge in [-0.15, -0.1) is 0 Å². The van der Waals surface area contributed by atoms with Crippen LogP contribution < -0.4 is 10.6 Å². The molecule has 190 valence electrons. The lowest BCUT2D eigenvalue weighted by Crippen LogP contribution is -2.56. The van der Waals surface area contributed by atoms with Crippen LogP contribution >= 0.6 is 11.8 Å². The first-order valence-corrected chi connectivity index (χ1v) is 13.2. The maximum Gasteiger partial charge on any atom is 0.255 e. The summed E-state index contributed by atoms with van der Waals surface area (Å²) in [5.74, 6) is -1.73. The number of aliphatic hydroxyl groups is 1. The van der Waals surface area contributed by atoms with Crippen molar-refractivity contribution in [2.24, 2.45) is 4.99 Å². The number of thioether (sulfide) groups is 1. The number of hydrogen-bond donors (Lipinski definition) is 3. The van der Waals surface area contributed by atoms with Crippen molar-refractivity contribution >= 4 is 34.2 Å². The Labute approximate surface area is 220 Å². The molecule has 1 fully saturated rings. The Morgan fingerprint density at radius 3 is 2.46 bits per heavy atom. The fourth-order valence-electron chi connectivity index (χ4n) is 4.80. The average molecular weight is 517 g/mol. The zero-order valence-corrected chi connectivity index (χ0v) is 21.7. The van der Waals surface area contributed by atoms with Crippen LogP contribution in [0.5, 0.6) is 0 Å². The third-order valence-corrected chi connectivity index (χ3v) is 7.66. The topological polar surface area (TPSA) is 77.0 Å². The Morgan fingerprint density at radius 2 is 1.76 bits per heavy atom. The Bertz CT molecular complexity index is 1370. The van der Waals surface area contributed by atoms with Gasteiger partial charge >= 0.3 is 0 Å². The van der Waals surface area contributed by atoms with E-state index in [1.807, 2.05) is 54.6 Å². The smallest absolute Gasteiger partial charge is 0.255 e. The van der Waals surface area contributed by atoms with Crippen molar-refractivity contribution in [1.29, 1.82) is 0 Å². The van der Waals surface area contributed by atoms with Gasteiger partial charge in [0.05, 0.1) is 23.1 Å². The third kappa shape index (κ3) is 4.86. The fourth-order valence-corrected chi connectivity index (χ4v) is 5.94. The first-order valence-electron chi connectivity index (χ1n) is 12.2. The van der Waals surface area contributed by atoms with Crippen molar-refractivity contribution in [3.8, 4) is 0 Å². The van der Waals surface area contributed by atoms with E-state index in [1.165, 1.54) is 23.9 Å². The summed E-state index contributed by atoms with van der Waals surface area (Å²) < 4.78 is 13.9. The molecule has 6 nitrogen and oxygen atoms in total.